The van der Waals surface area contributed by atoms with E-state index in [2.05, 4.69) is 5.32 Å². The summed E-state index contributed by atoms with van der Waals surface area (Å²) < 4.78 is 9.74. The normalized spacial score (nSPS) is 11.5. The van der Waals surface area contributed by atoms with Gasteiger partial charge in [-0.3, -0.25) is 0 Å². The largest absolute Gasteiger partial charge is 0.464 e. The Labute approximate surface area is 111 Å². The second-order valence-corrected chi connectivity index (χ2v) is 3.75. The number of benzene rings is 1. The first-order valence-corrected chi connectivity index (χ1v) is 6.01. The average molecular weight is 266 g/mol. The van der Waals surface area contributed by atoms with E-state index in [0.717, 1.165) is 5.56 Å². The molecule has 0 saturated heterocycles. The second-order valence-electron chi connectivity index (χ2n) is 3.75. The van der Waals surface area contributed by atoms with Gasteiger partial charge in [-0.25, -0.2) is 9.59 Å². The van der Waals surface area contributed by atoms with Crippen LogP contribution in [-0.2, 0) is 20.9 Å². The van der Waals surface area contributed by atoms with Crippen LogP contribution in [0.2, 0.25) is 0 Å². The van der Waals surface area contributed by atoms with Gasteiger partial charge < -0.3 is 20.5 Å². The first-order chi connectivity index (χ1) is 9.17. The van der Waals surface area contributed by atoms with Gasteiger partial charge in [-0.2, -0.15) is 0 Å². The fourth-order valence-electron chi connectivity index (χ4n) is 1.36. The Morgan fingerprint density at radius 2 is 1.95 bits per heavy atom. The van der Waals surface area contributed by atoms with Crippen molar-refractivity contribution < 1.29 is 19.1 Å². The van der Waals surface area contributed by atoms with Crippen LogP contribution in [0.5, 0.6) is 0 Å². The first-order valence-electron chi connectivity index (χ1n) is 6.01. The van der Waals surface area contributed by atoms with Crippen LogP contribution in [0.1, 0.15) is 12.5 Å². The van der Waals surface area contributed by atoms with Gasteiger partial charge in [0.05, 0.1) is 6.61 Å². The zero-order valence-corrected chi connectivity index (χ0v) is 10.8. The lowest BCUT2D eigenvalue weighted by atomic mass is 10.2. The third-order valence-corrected chi connectivity index (χ3v) is 2.31. The Morgan fingerprint density at radius 3 is 2.53 bits per heavy atom. The Kier molecular flexibility index (Phi) is 6.38. The molecule has 0 heterocycles. The highest BCUT2D eigenvalue weighted by molar-refractivity contribution is 5.81. The summed E-state index contributed by atoms with van der Waals surface area (Å²) in [7, 11) is 0. The quantitative estimate of drug-likeness (QED) is 0.743. The highest BCUT2D eigenvalue weighted by atomic mass is 16.6. The molecule has 0 saturated carbocycles. The smallest absolute Gasteiger partial charge is 0.408 e. The summed E-state index contributed by atoms with van der Waals surface area (Å²) in [5.74, 6) is -0.568. The molecule has 0 aromatic heterocycles. The number of carbonyl (C=O) groups is 2. The summed E-state index contributed by atoms with van der Waals surface area (Å²) in [4.78, 5) is 22.9. The van der Waals surface area contributed by atoms with Crippen molar-refractivity contribution in [3.8, 4) is 0 Å². The Hall–Kier alpha value is -2.08. The first kappa shape index (κ1) is 15.0. The third kappa shape index (κ3) is 5.39. The van der Waals surface area contributed by atoms with Gasteiger partial charge in [-0.05, 0) is 12.5 Å². The molecule has 104 valence electrons. The fourth-order valence-corrected chi connectivity index (χ4v) is 1.36. The molecule has 0 radical (unpaired) electrons. The number of rotatable bonds is 6. The molecule has 3 N–H and O–H groups in total. The van der Waals surface area contributed by atoms with E-state index in [1.165, 1.54) is 0 Å². The molecule has 1 aromatic rings. The third-order valence-electron chi connectivity index (χ3n) is 2.31. The predicted octanol–water partition coefficient (Wildman–Crippen LogP) is 0.803. The van der Waals surface area contributed by atoms with Crippen LogP contribution in [0.25, 0.3) is 0 Å². The van der Waals surface area contributed by atoms with Crippen LogP contribution < -0.4 is 11.1 Å². The second kappa shape index (κ2) is 8.10. The molecule has 6 nitrogen and oxygen atoms in total. The van der Waals surface area contributed by atoms with Gasteiger partial charge in [0.25, 0.3) is 0 Å². The van der Waals surface area contributed by atoms with Gasteiger partial charge in [-0.1, -0.05) is 30.3 Å². The van der Waals surface area contributed by atoms with Crippen LogP contribution in [0.4, 0.5) is 4.79 Å². The summed E-state index contributed by atoms with van der Waals surface area (Å²) in [6, 6.07) is 8.34. The van der Waals surface area contributed by atoms with Crippen molar-refractivity contribution in [3.05, 3.63) is 35.9 Å². The molecule has 0 aliphatic carbocycles. The van der Waals surface area contributed by atoms with Crippen molar-refractivity contribution in [3.63, 3.8) is 0 Å². The maximum absolute atomic E-state index is 11.5. The predicted molar refractivity (Wildman–Crippen MR) is 69.2 cm³/mol. The van der Waals surface area contributed by atoms with Crippen molar-refractivity contribution in [1.29, 1.82) is 0 Å². The molecule has 19 heavy (non-hydrogen) atoms. The van der Waals surface area contributed by atoms with E-state index in [0.29, 0.717) is 0 Å². The van der Waals surface area contributed by atoms with E-state index >= 15 is 0 Å². The highest BCUT2D eigenvalue weighted by Crippen LogP contribution is 2.00. The molecule has 0 fully saturated rings. The van der Waals surface area contributed by atoms with E-state index in [1.807, 2.05) is 30.3 Å². The molecule has 0 aliphatic heterocycles. The molecule has 1 atom stereocenters. The lowest BCUT2D eigenvalue weighted by molar-refractivity contribution is -0.145. The van der Waals surface area contributed by atoms with Gasteiger partial charge in [0, 0.05) is 6.54 Å². The van der Waals surface area contributed by atoms with E-state index in [1.54, 1.807) is 6.92 Å². The van der Waals surface area contributed by atoms with Gasteiger partial charge in [0.2, 0.25) is 0 Å². The minimum absolute atomic E-state index is 0.0424. The van der Waals surface area contributed by atoms with Crippen molar-refractivity contribution in [2.45, 2.75) is 19.6 Å². The van der Waals surface area contributed by atoms with E-state index in [9.17, 15) is 9.59 Å². The van der Waals surface area contributed by atoms with E-state index in [-0.39, 0.29) is 19.8 Å². The summed E-state index contributed by atoms with van der Waals surface area (Å²) in [5, 5.41) is 2.36. The van der Waals surface area contributed by atoms with E-state index < -0.39 is 18.1 Å². The van der Waals surface area contributed by atoms with Gasteiger partial charge in [0.15, 0.2) is 0 Å². The molecule has 1 aromatic carbocycles. The Bertz CT molecular complexity index is 408. The number of alkyl carbamates (subject to hydrolysis) is 1. The van der Waals surface area contributed by atoms with Crippen molar-refractivity contribution in [2.75, 3.05) is 13.2 Å². The number of nitrogens with one attached hydrogen (secondary N) is 1. The minimum atomic E-state index is -0.886. The molecular weight excluding hydrogens is 248 g/mol. The van der Waals surface area contributed by atoms with Gasteiger partial charge >= 0.3 is 12.1 Å². The van der Waals surface area contributed by atoms with Crippen LogP contribution in [0, 0.1) is 0 Å². The minimum Gasteiger partial charge on any atom is -0.464 e. The van der Waals surface area contributed by atoms with Crippen LogP contribution in [-0.4, -0.2) is 31.3 Å². The number of amides is 1. The lowest BCUT2D eigenvalue weighted by Gasteiger charge is -2.15. The summed E-state index contributed by atoms with van der Waals surface area (Å²) in [5.41, 5.74) is 6.25. The molecule has 0 aliphatic rings. The SMILES string of the molecule is CCOC(=O)[C@@H](CN)NC(=O)OCc1ccccc1. The summed E-state index contributed by atoms with van der Waals surface area (Å²) in [6.07, 6.45) is -0.702. The fraction of sp³-hybridized carbons (Fsp3) is 0.385. The van der Waals surface area contributed by atoms with E-state index in [4.69, 9.17) is 15.2 Å². The zero-order valence-electron chi connectivity index (χ0n) is 10.8. The zero-order chi connectivity index (χ0) is 14.1. The van der Waals surface area contributed by atoms with Crippen molar-refractivity contribution in [1.82, 2.24) is 5.32 Å². The monoisotopic (exact) mass is 266 g/mol. The van der Waals surface area contributed by atoms with Gasteiger partial charge in [0.1, 0.15) is 12.6 Å². The molecule has 0 unspecified atom stereocenters. The molecule has 0 spiro atoms. The maximum atomic E-state index is 11.5. The summed E-state index contributed by atoms with van der Waals surface area (Å²) >= 11 is 0. The topological polar surface area (TPSA) is 90.6 Å². The number of hydrogen-bond acceptors (Lipinski definition) is 5. The maximum Gasteiger partial charge on any atom is 0.408 e. The van der Waals surface area contributed by atoms with Crippen LogP contribution in [0.15, 0.2) is 30.3 Å². The van der Waals surface area contributed by atoms with Crippen molar-refractivity contribution >= 4 is 12.1 Å². The van der Waals surface area contributed by atoms with Crippen LogP contribution >= 0.6 is 0 Å². The number of esters is 1. The Morgan fingerprint density at radius 1 is 1.26 bits per heavy atom. The summed E-state index contributed by atoms with van der Waals surface area (Å²) in [6.45, 7) is 2.00. The molecule has 1 rings (SSSR count). The average Bonchev–Trinajstić information content (AvgIpc) is 2.44. The Balaban J connectivity index is 2.39. The van der Waals surface area contributed by atoms with Crippen LogP contribution in [0.3, 0.4) is 0 Å². The molecular formula is C13H18N2O4. The number of ether oxygens (including phenoxy) is 2. The molecule has 0 bridgehead atoms. The lowest BCUT2D eigenvalue weighted by Crippen LogP contribution is -2.46. The highest BCUT2D eigenvalue weighted by Gasteiger charge is 2.20. The number of hydrogen-bond donors (Lipinski definition) is 2. The standard InChI is InChI=1S/C13H18N2O4/c1-2-18-12(16)11(8-14)15-13(17)19-9-10-6-4-3-5-7-10/h3-7,11H,2,8-9,14H2,1H3,(H,15,17)/t11-/m1/s1. The number of carbonyl (C=O) groups excluding carboxylic acids is 2. The molecule has 6 heteroatoms. The van der Waals surface area contributed by atoms with Crippen molar-refractivity contribution in [2.24, 2.45) is 5.73 Å². The number of nitrogens with two attached hydrogens (primary N) is 1. The molecule has 1 amide bonds. The van der Waals surface area contributed by atoms with Gasteiger partial charge in [-0.15, -0.1) is 0 Å².